The molecule has 0 saturated heterocycles. The molecule has 2 rings (SSSR count). The van der Waals surface area contributed by atoms with Gasteiger partial charge in [-0.1, -0.05) is 23.2 Å². The first-order valence-electron chi connectivity index (χ1n) is 6.05. The van der Waals surface area contributed by atoms with Crippen molar-refractivity contribution >= 4 is 40.3 Å². The number of alkyl carbamates (subject to hydrolysis) is 1. The first-order valence-corrected chi connectivity index (χ1v) is 6.81. The van der Waals surface area contributed by atoms with Crippen LogP contribution in [0.5, 0.6) is 0 Å². The molecule has 0 spiro atoms. The largest absolute Gasteiger partial charge is 0.444 e. The fraction of sp³-hybridized carbons (Fsp3) is 0.385. The van der Waals surface area contributed by atoms with Crippen molar-refractivity contribution < 1.29 is 9.53 Å². The van der Waals surface area contributed by atoms with Crippen molar-refractivity contribution in [2.75, 3.05) is 0 Å². The number of hydrogen-bond acceptors (Lipinski definition) is 3. The number of carbonyl (C=O) groups excluding carboxylic acids is 1. The van der Waals surface area contributed by atoms with Gasteiger partial charge in [0.25, 0.3) is 0 Å². The lowest BCUT2D eigenvalue weighted by Gasteiger charge is -2.19. The number of benzene rings is 1. The second kappa shape index (κ2) is 5.50. The molecule has 0 atom stereocenters. The number of nitrogens with zero attached hydrogens (tertiary/aromatic N) is 1. The van der Waals surface area contributed by atoms with Gasteiger partial charge in [-0.15, -0.1) is 0 Å². The van der Waals surface area contributed by atoms with Gasteiger partial charge in [0.15, 0.2) is 0 Å². The number of H-pyrrole nitrogens is 1. The molecular weight excluding hydrogens is 301 g/mol. The van der Waals surface area contributed by atoms with E-state index in [-0.39, 0.29) is 6.54 Å². The van der Waals surface area contributed by atoms with Gasteiger partial charge in [0, 0.05) is 0 Å². The Balaban J connectivity index is 2.05. The highest BCUT2D eigenvalue weighted by Gasteiger charge is 2.16. The normalized spacial score (nSPS) is 11.7. The molecule has 0 bridgehead atoms. The van der Waals surface area contributed by atoms with E-state index in [4.69, 9.17) is 27.9 Å². The van der Waals surface area contributed by atoms with Gasteiger partial charge >= 0.3 is 6.09 Å². The Hall–Kier alpha value is -1.46. The minimum absolute atomic E-state index is 0.235. The van der Waals surface area contributed by atoms with E-state index in [0.717, 1.165) is 5.52 Å². The van der Waals surface area contributed by atoms with E-state index in [2.05, 4.69) is 15.3 Å². The second-order valence-corrected chi connectivity index (χ2v) is 6.14. The zero-order valence-electron chi connectivity index (χ0n) is 11.4. The fourth-order valence-corrected chi connectivity index (χ4v) is 1.93. The highest BCUT2D eigenvalue weighted by Crippen LogP contribution is 2.26. The molecule has 0 aliphatic heterocycles. The number of nitrogens with one attached hydrogen (secondary N) is 2. The lowest BCUT2D eigenvalue weighted by molar-refractivity contribution is 0.0522. The highest BCUT2D eigenvalue weighted by molar-refractivity contribution is 6.42. The molecule has 108 valence electrons. The molecule has 5 nitrogen and oxygen atoms in total. The molecule has 2 aromatic rings. The van der Waals surface area contributed by atoms with Crippen LogP contribution in [0.3, 0.4) is 0 Å². The maximum Gasteiger partial charge on any atom is 0.408 e. The van der Waals surface area contributed by atoms with Gasteiger partial charge in [-0.3, -0.25) is 0 Å². The van der Waals surface area contributed by atoms with Crippen LogP contribution in [-0.2, 0) is 11.3 Å². The third-order valence-corrected chi connectivity index (χ3v) is 3.09. The topological polar surface area (TPSA) is 67.0 Å². The van der Waals surface area contributed by atoms with Crippen LogP contribution in [0.25, 0.3) is 11.0 Å². The average Bonchev–Trinajstić information content (AvgIpc) is 2.67. The van der Waals surface area contributed by atoms with Crippen LogP contribution in [0, 0.1) is 0 Å². The Morgan fingerprint density at radius 2 is 2.00 bits per heavy atom. The molecule has 0 fully saturated rings. The predicted octanol–water partition coefficient (Wildman–Crippen LogP) is 3.89. The molecule has 0 radical (unpaired) electrons. The summed E-state index contributed by atoms with van der Waals surface area (Å²) in [6, 6.07) is 3.37. The maximum absolute atomic E-state index is 11.5. The van der Waals surface area contributed by atoms with Gasteiger partial charge in [-0.05, 0) is 32.9 Å². The molecule has 0 aliphatic carbocycles. The zero-order valence-corrected chi connectivity index (χ0v) is 12.9. The Morgan fingerprint density at radius 3 is 2.65 bits per heavy atom. The van der Waals surface area contributed by atoms with E-state index in [9.17, 15) is 4.79 Å². The first kappa shape index (κ1) is 14.9. The number of aromatic amines is 1. The van der Waals surface area contributed by atoms with Crippen molar-refractivity contribution in [3.05, 3.63) is 28.0 Å². The molecule has 20 heavy (non-hydrogen) atoms. The number of amides is 1. The van der Waals surface area contributed by atoms with Crippen molar-refractivity contribution in [1.29, 1.82) is 0 Å². The third kappa shape index (κ3) is 3.77. The quantitative estimate of drug-likeness (QED) is 0.883. The van der Waals surface area contributed by atoms with Gasteiger partial charge in [0.1, 0.15) is 11.4 Å². The van der Waals surface area contributed by atoms with E-state index in [1.165, 1.54) is 0 Å². The van der Waals surface area contributed by atoms with Crippen LogP contribution in [0.2, 0.25) is 10.0 Å². The van der Waals surface area contributed by atoms with Gasteiger partial charge in [0.2, 0.25) is 0 Å². The minimum atomic E-state index is -0.529. The monoisotopic (exact) mass is 315 g/mol. The zero-order chi connectivity index (χ0) is 14.9. The Morgan fingerprint density at radius 1 is 1.35 bits per heavy atom. The molecule has 1 aromatic heterocycles. The van der Waals surface area contributed by atoms with Crippen LogP contribution >= 0.6 is 23.2 Å². The maximum atomic E-state index is 11.5. The van der Waals surface area contributed by atoms with Gasteiger partial charge in [-0.25, -0.2) is 9.78 Å². The Labute approximate surface area is 126 Å². The SMILES string of the molecule is CC(C)(C)OC(=O)NCc1nc2cc(Cl)c(Cl)cc2[nH]1. The van der Waals surface area contributed by atoms with Gasteiger partial charge in [-0.2, -0.15) is 0 Å². The summed E-state index contributed by atoms with van der Waals surface area (Å²) in [4.78, 5) is 18.9. The summed E-state index contributed by atoms with van der Waals surface area (Å²) in [5.74, 6) is 0.601. The van der Waals surface area contributed by atoms with Crippen LogP contribution in [0.15, 0.2) is 12.1 Å². The number of aromatic nitrogens is 2. The molecule has 2 N–H and O–H groups in total. The van der Waals surface area contributed by atoms with Crippen LogP contribution < -0.4 is 5.32 Å². The minimum Gasteiger partial charge on any atom is -0.444 e. The summed E-state index contributed by atoms with van der Waals surface area (Å²) >= 11 is 11.8. The molecule has 0 unspecified atom stereocenters. The Kier molecular flexibility index (Phi) is 4.11. The first-order chi connectivity index (χ1) is 9.24. The average molecular weight is 316 g/mol. The summed E-state index contributed by atoms with van der Waals surface area (Å²) in [6.45, 7) is 5.64. The summed E-state index contributed by atoms with van der Waals surface area (Å²) in [5, 5.41) is 3.52. The van der Waals surface area contributed by atoms with E-state index in [1.807, 2.05) is 0 Å². The molecule has 1 heterocycles. The number of rotatable bonds is 2. The summed E-state index contributed by atoms with van der Waals surface area (Å²) in [7, 11) is 0. The number of halogens is 2. The number of ether oxygens (including phenoxy) is 1. The van der Waals surface area contributed by atoms with Crippen molar-refractivity contribution in [2.24, 2.45) is 0 Å². The molecular formula is C13H15Cl2N3O2. The van der Waals surface area contributed by atoms with E-state index >= 15 is 0 Å². The number of carbonyl (C=O) groups is 1. The van der Waals surface area contributed by atoms with Crippen LogP contribution in [-0.4, -0.2) is 21.7 Å². The highest BCUT2D eigenvalue weighted by atomic mass is 35.5. The van der Waals surface area contributed by atoms with Gasteiger partial charge in [0.05, 0.1) is 27.6 Å². The van der Waals surface area contributed by atoms with Gasteiger partial charge < -0.3 is 15.0 Å². The number of fused-ring (bicyclic) bond motifs is 1. The lowest BCUT2D eigenvalue weighted by atomic mass is 10.2. The smallest absolute Gasteiger partial charge is 0.408 e. The molecule has 1 aromatic carbocycles. The molecule has 1 amide bonds. The van der Waals surface area contributed by atoms with Crippen molar-refractivity contribution in [3.63, 3.8) is 0 Å². The molecule has 0 saturated carbocycles. The molecule has 7 heteroatoms. The van der Waals surface area contributed by atoms with Crippen molar-refractivity contribution in [3.8, 4) is 0 Å². The van der Waals surface area contributed by atoms with Crippen molar-refractivity contribution in [2.45, 2.75) is 32.9 Å². The lowest BCUT2D eigenvalue weighted by Crippen LogP contribution is -2.32. The standard InChI is InChI=1S/C13H15Cl2N3O2/c1-13(2,3)20-12(19)16-6-11-17-9-4-7(14)8(15)5-10(9)18-11/h4-5H,6H2,1-3H3,(H,16,19)(H,17,18). The van der Waals surface area contributed by atoms with Crippen molar-refractivity contribution in [1.82, 2.24) is 15.3 Å². The van der Waals surface area contributed by atoms with Crippen LogP contribution in [0.1, 0.15) is 26.6 Å². The summed E-state index contributed by atoms with van der Waals surface area (Å²) in [5.41, 5.74) is 0.930. The van der Waals surface area contributed by atoms with E-state index in [1.54, 1.807) is 32.9 Å². The number of imidazole rings is 1. The summed E-state index contributed by atoms with van der Waals surface area (Å²) in [6.07, 6.45) is -0.492. The second-order valence-electron chi connectivity index (χ2n) is 5.32. The van der Waals surface area contributed by atoms with E-state index in [0.29, 0.717) is 21.4 Å². The predicted molar refractivity (Wildman–Crippen MR) is 79.2 cm³/mol. The van der Waals surface area contributed by atoms with E-state index < -0.39 is 11.7 Å². The van der Waals surface area contributed by atoms with Crippen LogP contribution in [0.4, 0.5) is 4.79 Å². The fourth-order valence-electron chi connectivity index (χ4n) is 1.61. The molecule has 0 aliphatic rings. The third-order valence-electron chi connectivity index (χ3n) is 2.37. The number of hydrogen-bond donors (Lipinski definition) is 2. The summed E-state index contributed by atoms with van der Waals surface area (Å²) < 4.78 is 5.14. The Bertz CT molecular complexity index is 608.